The van der Waals surface area contributed by atoms with Gasteiger partial charge < -0.3 is 10.2 Å². The molecule has 7 heteroatoms. The Morgan fingerprint density at radius 1 is 1.32 bits per heavy atom. The van der Waals surface area contributed by atoms with Gasteiger partial charge >= 0.3 is 6.18 Å². The smallest absolute Gasteiger partial charge is 0.352 e. The minimum atomic E-state index is -4.41. The maximum atomic E-state index is 12.4. The fourth-order valence-electron chi connectivity index (χ4n) is 2.45. The Morgan fingerprint density at radius 2 is 1.95 bits per heavy atom. The third kappa shape index (κ3) is 3.78. The number of hydrogen-bond acceptors (Lipinski definition) is 2. The van der Waals surface area contributed by atoms with Crippen molar-refractivity contribution in [3.05, 3.63) is 35.4 Å². The molecule has 0 saturated carbocycles. The fourth-order valence-corrected chi connectivity index (χ4v) is 2.45. The molecule has 1 aliphatic heterocycles. The number of carbonyl (C=O) groups is 2. The normalized spacial score (nSPS) is 18.6. The molecule has 0 aliphatic carbocycles. The molecule has 0 spiro atoms. The van der Waals surface area contributed by atoms with E-state index in [9.17, 15) is 22.8 Å². The van der Waals surface area contributed by atoms with Gasteiger partial charge in [0.15, 0.2) is 0 Å². The minimum absolute atomic E-state index is 0.0471. The van der Waals surface area contributed by atoms with E-state index in [1.54, 1.807) is 4.90 Å². The average Bonchev–Trinajstić information content (AvgIpc) is 2.84. The van der Waals surface area contributed by atoms with Crippen molar-refractivity contribution in [1.29, 1.82) is 0 Å². The molecule has 2 amide bonds. The van der Waals surface area contributed by atoms with E-state index in [0.717, 1.165) is 24.3 Å². The van der Waals surface area contributed by atoms with Gasteiger partial charge in [-0.1, -0.05) is 0 Å². The van der Waals surface area contributed by atoms with Gasteiger partial charge in [0.25, 0.3) is 5.91 Å². The second-order valence-corrected chi connectivity index (χ2v) is 5.29. The van der Waals surface area contributed by atoms with Crippen molar-refractivity contribution in [2.45, 2.75) is 19.5 Å². The van der Waals surface area contributed by atoms with Crippen LogP contribution in [-0.2, 0) is 11.0 Å². The standard InChI is InChI=1S/C15H17F3N2O2/c1-2-20-9-10(7-13(20)21)8-19-14(22)11-3-5-12(6-4-11)15(16,17)18/h3-6,10H,2,7-9H2,1H3,(H,19,22)/t10-/m0/s1. The Kier molecular flexibility index (Phi) is 4.73. The zero-order chi connectivity index (χ0) is 16.3. The molecule has 1 aliphatic rings. The lowest BCUT2D eigenvalue weighted by Crippen LogP contribution is -2.31. The molecular formula is C15H17F3N2O2. The predicted octanol–water partition coefficient (Wildman–Crippen LogP) is 2.30. The Bertz CT molecular complexity index is 555. The Hall–Kier alpha value is -2.05. The van der Waals surface area contributed by atoms with E-state index in [0.29, 0.717) is 26.1 Å². The van der Waals surface area contributed by atoms with Crippen LogP contribution >= 0.6 is 0 Å². The first kappa shape index (κ1) is 16.3. The molecule has 1 N–H and O–H groups in total. The summed E-state index contributed by atoms with van der Waals surface area (Å²) in [6.07, 6.45) is -4.02. The van der Waals surface area contributed by atoms with Crippen molar-refractivity contribution in [2.75, 3.05) is 19.6 Å². The summed E-state index contributed by atoms with van der Waals surface area (Å²) in [5, 5.41) is 2.67. The van der Waals surface area contributed by atoms with Crippen molar-refractivity contribution in [3.8, 4) is 0 Å². The van der Waals surface area contributed by atoms with E-state index in [1.807, 2.05) is 6.92 Å². The highest BCUT2D eigenvalue weighted by Crippen LogP contribution is 2.29. The molecular weight excluding hydrogens is 297 g/mol. The molecule has 120 valence electrons. The summed E-state index contributed by atoms with van der Waals surface area (Å²) < 4.78 is 37.3. The summed E-state index contributed by atoms with van der Waals surface area (Å²) in [7, 11) is 0. The van der Waals surface area contributed by atoms with Crippen LogP contribution in [0.4, 0.5) is 13.2 Å². The second kappa shape index (κ2) is 6.37. The number of nitrogens with zero attached hydrogens (tertiary/aromatic N) is 1. The topological polar surface area (TPSA) is 49.4 Å². The number of nitrogens with one attached hydrogen (secondary N) is 1. The van der Waals surface area contributed by atoms with Crippen molar-refractivity contribution in [3.63, 3.8) is 0 Å². The fraction of sp³-hybridized carbons (Fsp3) is 0.467. The first-order chi connectivity index (χ1) is 10.3. The zero-order valence-corrected chi connectivity index (χ0v) is 12.1. The van der Waals surface area contributed by atoms with Gasteiger partial charge in [-0.3, -0.25) is 9.59 Å². The van der Waals surface area contributed by atoms with Crippen LogP contribution in [0.25, 0.3) is 0 Å². The average molecular weight is 314 g/mol. The van der Waals surface area contributed by atoms with E-state index in [4.69, 9.17) is 0 Å². The van der Waals surface area contributed by atoms with Gasteiger partial charge in [-0.05, 0) is 31.2 Å². The molecule has 1 heterocycles. The number of hydrogen-bond donors (Lipinski definition) is 1. The summed E-state index contributed by atoms with van der Waals surface area (Å²) in [5.74, 6) is -0.321. The van der Waals surface area contributed by atoms with E-state index >= 15 is 0 Å². The van der Waals surface area contributed by atoms with Gasteiger partial charge in [0.05, 0.1) is 5.56 Å². The van der Waals surface area contributed by atoms with E-state index < -0.39 is 17.6 Å². The molecule has 1 atom stereocenters. The third-order valence-electron chi connectivity index (χ3n) is 3.70. The summed E-state index contributed by atoms with van der Waals surface area (Å²) in [4.78, 5) is 25.2. The number of rotatable bonds is 4. The number of likely N-dealkylation sites (tertiary alicyclic amines) is 1. The van der Waals surface area contributed by atoms with E-state index in [2.05, 4.69) is 5.32 Å². The van der Waals surface area contributed by atoms with Crippen molar-refractivity contribution in [2.24, 2.45) is 5.92 Å². The molecule has 1 aromatic carbocycles. The molecule has 1 saturated heterocycles. The highest BCUT2D eigenvalue weighted by molar-refractivity contribution is 5.94. The molecule has 2 rings (SSSR count). The largest absolute Gasteiger partial charge is 0.416 e. The number of alkyl halides is 3. The monoisotopic (exact) mass is 314 g/mol. The van der Waals surface area contributed by atoms with Crippen LogP contribution in [0.2, 0.25) is 0 Å². The highest BCUT2D eigenvalue weighted by atomic mass is 19.4. The number of carbonyl (C=O) groups excluding carboxylic acids is 2. The minimum Gasteiger partial charge on any atom is -0.352 e. The molecule has 1 aromatic rings. The lowest BCUT2D eigenvalue weighted by atomic mass is 10.1. The molecule has 0 radical (unpaired) electrons. The van der Waals surface area contributed by atoms with Crippen LogP contribution in [0.15, 0.2) is 24.3 Å². The van der Waals surface area contributed by atoms with Crippen LogP contribution in [0.1, 0.15) is 29.3 Å². The van der Waals surface area contributed by atoms with Gasteiger partial charge in [0, 0.05) is 37.5 Å². The quantitative estimate of drug-likeness (QED) is 0.927. The maximum absolute atomic E-state index is 12.4. The third-order valence-corrected chi connectivity index (χ3v) is 3.70. The van der Waals surface area contributed by atoms with Crippen molar-refractivity contribution in [1.82, 2.24) is 10.2 Å². The number of halogens is 3. The molecule has 1 fully saturated rings. The Labute approximate surface area is 126 Å². The maximum Gasteiger partial charge on any atom is 0.416 e. The first-order valence-corrected chi connectivity index (χ1v) is 7.04. The summed E-state index contributed by atoms with van der Waals surface area (Å²) in [5.41, 5.74) is -0.617. The van der Waals surface area contributed by atoms with E-state index in [1.165, 1.54) is 0 Å². The second-order valence-electron chi connectivity index (χ2n) is 5.29. The summed E-state index contributed by atoms with van der Waals surface area (Å²) in [6, 6.07) is 4.06. The Balaban J connectivity index is 1.89. The number of benzene rings is 1. The van der Waals surface area contributed by atoms with Crippen molar-refractivity contribution < 1.29 is 22.8 Å². The lowest BCUT2D eigenvalue weighted by molar-refractivity contribution is -0.137. The molecule has 0 bridgehead atoms. The molecule has 4 nitrogen and oxygen atoms in total. The summed E-state index contributed by atoms with van der Waals surface area (Å²) in [6.45, 7) is 3.47. The summed E-state index contributed by atoms with van der Waals surface area (Å²) >= 11 is 0. The van der Waals surface area contributed by atoms with Gasteiger partial charge in [0.2, 0.25) is 5.91 Å². The lowest BCUT2D eigenvalue weighted by Gasteiger charge is -2.14. The molecule has 0 aromatic heterocycles. The van der Waals surface area contributed by atoms with Crippen LogP contribution in [-0.4, -0.2) is 36.3 Å². The predicted molar refractivity (Wildman–Crippen MR) is 74.1 cm³/mol. The van der Waals surface area contributed by atoms with E-state index in [-0.39, 0.29) is 17.4 Å². The SMILES string of the molecule is CCN1C[C@H](CNC(=O)c2ccc(C(F)(F)F)cc2)CC1=O. The van der Waals surface area contributed by atoms with Gasteiger partial charge in [0.1, 0.15) is 0 Å². The zero-order valence-electron chi connectivity index (χ0n) is 12.1. The van der Waals surface area contributed by atoms with Gasteiger partial charge in [-0.2, -0.15) is 13.2 Å². The molecule has 0 unspecified atom stereocenters. The first-order valence-electron chi connectivity index (χ1n) is 7.04. The highest BCUT2D eigenvalue weighted by Gasteiger charge is 2.30. The number of amides is 2. The van der Waals surface area contributed by atoms with Gasteiger partial charge in [-0.15, -0.1) is 0 Å². The Morgan fingerprint density at radius 3 is 2.45 bits per heavy atom. The van der Waals surface area contributed by atoms with Crippen LogP contribution in [0.5, 0.6) is 0 Å². The van der Waals surface area contributed by atoms with Crippen molar-refractivity contribution >= 4 is 11.8 Å². The van der Waals surface area contributed by atoms with Crippen LogP contribution in [0, 0.1) is 5.92 Å². The molecule has 22 heavy (non-hydrogen) atoms. The van der Waals surface area contributed by atoms with Crippen LogP contribution in [0.3, 0.4) is 0 Å². The van der Waals surface area contributed by atoms with Gasteiger partial charge in [-0.25, -0.2) is 0 Å². The van der Waals surface area contributed by atoms with Crippen LogP contribution < -0.4 is 5.32 Å².